The fourth-order valence-corrected chi connectivity index (χ4v) is 4.27. The summed E-state index contributed by atoms with van der Waals surface area (Å²) in [7, 11) is -3.84. The molecule has 0 heterocycles. The molecule has 1 N–H and O–H groups in total. The molecule has 0 aliphatic carbocycles. The summed E-state index contributed by atoms with van der Waals surface area (Å²) in [5.41, 5.74) is 1.37. The van der Waals surface area contributed by atoms with Gasteiger partial charge in [-0.25, -0.2) is 12.8 Å². The Balaban J connectivity index is 2.42. The maximum atomic E-state index is 13.5. The third-order valence-electron chi connectivity index (χ3n) is 3.93. The highest BCUT2D eigenvalue weighted by molar-refractivity contribution is 7.92. The van der Waals surface area contributed by atoms with Crippen LogP contribution in [-0.4, -0.2) is 26.6 Å². The summed E-state index contributed by atoms with van der Waals surface area (Å²) in [6.45, 7) is 3.46. The topological polar surface area (TPSA) is 66.5 Å². The molecule has 0 fully saturated rings. The van der Waals surface area contributed by atoms with Crippen molar-refractivity contribution in [2.45, 2.75) is 26.3 Å². The molecule has 0 radical (unpaired) electrons. The first-order chi connectivity index (χ1) is 12.5. The normalized spacial score (nSPS) is 12.5. The van der Waals surface area contributed by atoms with E-state index in [0.29, 0.717) is 10.7 Å². The first-order valence-electron chi connectivity index (χ1n) is 8.06. The fraction of sp³-hybridized carbons (Fsp3) is 0.278. The van der Waals surface area contributed by atoms with Crippen LogP contribution in [0.1, 0.15) is 18.9 Å². The van der Waals surface area contributed by atoms with Crippen molar-refractivity contribution in [3.05, 3.63) is 57.8 Å². The van der Waals surface area contributed by atoms with Gasteiger partial charge in [-0.15, -0.1) is 0 Å². The summed E-state index contributed by atoms with van der Waals surface area (Å²) < 4.78 is 39.2. The first-order valence-corrected chi connectivity index (χ1v) is 10.7. The zero-order valence-corrected chi connectivity index (χ0v) is 17.3. The number of sulfonamides is 1. The Morgan fingerprint density at radius 3 is 2.41 bits per heavy atom. The minimum atomic E-state index is -3.84. The second-order valence-electron chi connectivity index (χ2n) is 6.03. The van der Waals surface area contributed by atoms with Crippen LogP contribution in [0.15, 0.2) is 36.4 Å². The summed E-state index contributed by atoms with van der Waals surface area (Å²) >= 11 is 11.7. The second kappa shape index (κ2) is 8.46. The fourth-order valence-electron chi connectivity index (χ4n) is 2.67. The van der Waals surface area contributed by atoms with Gasteiger partial charge in [-0.05, 0) is 55.3 Å². The van der Waals surface area contributed by atoms with Gasteiger partial charge in [0.15, 0.2) is 0 Å². The molecule has 2 aromatic rings. The summed E-state index contributed by atoms with van der Waals surface area (Å²) in [5, 5.41) is 3.02. The van der Waals surface area contributed by atoms with Crippen LogP contribution in [0.5, 0.6) is 0 Å². The predicted molar refractivity (Wildman–Crippen MR) is 108 cm³/mol. The van der Waals surface area contributed by atoms with Crippen LogP contribution in [0.25, 0.3) is 0 Å². The molecule has 2 rings (SSSR count). The van der Waals surface area contributed by atoms with E-state index in [9.17, 15) is 17.6 Å². The van der Waals surface area contributed by atoms with Gasteiger partial charge in [0.25, 0.3) is 0 Å². The molecule has 2 aromatic carbocycles. The van der Waals surface area contributed by atoms with E-state index < -0.39 is 27.8 Å². The van der Waals surface area contributed by atoms with Crippen molar-refractivity contribution in [2.24, 2.45) is 0 Å². The van der Waals surface area contributed by atoms with Gasteiger partial charge in [-0.2, -0.15) is 0 Å². The Morgan fingerprint density at radius 1 is 1.22 bits per heavy atom. The lowest BCUT2D eigenvalue weighted by Crippen LogP contribution is -2.47. The molecule has 0 bridgehead atoms. The number of benzene rings is 2. The molecular weight excluding hydrogens is 414 g/mol. The first kappa shape index (κ1) is 21.5. The van der Waals surface area contributed by atoms with Gasteiger partial charge in [0, 0.05) is 10.7 Å². The highest BCUT2D eigenvalue weighted by Crippen LogP contribution is 2.28. The minimum Gasteiger partial charge on any atom is -0.324 e. The highest BCUT2D eigenvalue weighted by Gasteiger charge is 2.32. The molecule has 1 amide bonds. The average molecular weight is 433 g/mol. The molecule has 0 aromatic heterocycles. The number of hydrogen-bond acceptors (Lipinski definition) is 3. The number of anilines is 2. The van der Waals surface area contributed by atoms with Crippen molar-refractivity contribution in [1.29, 1.82) is 0 Å². The summed E-state index contributed by atoms with van der Waals surface area (Å²) in [4.78, 5) is 12.8. The number of carbonyl (C=O) groups excluding carboxylic acids is 1. The van der Waals surface area contributed by atoms with Gasteiger partial charge in [-0.1, -0.05) is 30.1 Å². The molecule has 0 spiro atoms. The van der Waals surface area contributed by atoms with Gasteiger partial charge in [-0.3, -0.25) is 9.10 Å². The lowest BCUT2D eigenvalue weighted by Gasteiger charge is -2.30. The number of nitrogens with zero attached hydrogens (tertiary/aromatic N) is 1. The van der Waals surface area contributed by atoms with Gasteiger partial charge in [0.2, 0.25) is 15.9 Å². The Labute approximate surface area is 168 Å². The van der Waals surface area contributed by atoms with Gasteiger partial charge in [0.1, 0.15) is 11.9 Å². The number of nitrogens with one attached hydrogen (secondary N) is 1. The monoisotopic (exact) mass is 432 g/mol. The van der Waals surface area contributed by atoms with E-state index in [0.717, 1.165) is 22.2 Å². The summed E-state index contributed by atoms with van der Waals surface area (Å²) in [6, 6.07) is 7.42. The smallest absolute Gasteiger partial charge is 0.248 e. The third-order valence-corrected chi connectivity index (χ3v) is 5.64. The van der Waals surface area contributed by atoms with Crippen LogP contribution in [-0.2, 0) is 14.8 Å². The van der Waals surface area contributed by atoms with Gasteiger partial charge >= 0.3 is 0 Å². The lowest BCUT2D eigenvalue weighted by molar-refractivity contribution is -0.117. The molecular formula is C18H19Cl2FN2O3S. The van der Waals surface area contributed by atoms with E-state index in [1.165, 1.54) is 12.1 Å². The lowest BCUT2D eigenvalue weighted by atomic mass is 10.1. The number of hydrogen-bond donors (Lipinski definition) is 1. The zero-order chi connectivity index (χ0) is 20.4. The SMILES string of the molecule is CC[C@@H](C(=O)Nc1ccc(Cl)cc1C)N(c1ccc(F)c(Cl)c1)S(C)(=O)=O. The molecule has 0 saturated heterocycles. The zero-order valence-electron chi connectivity index (χ0n) is 15.0. The second-order valence-corrected chi connectivity index (χ2v) is 8.73. The Kier molecular flexibility index (Phi) is 6.72. The molecule has 0 aliphatic rings. The average Bonchev–Trinajstić information content (AvgIpc) is 2.56. The molecule has 0 saturated carbocycles. The van der Waals surface area contributed by atoms with Crippen LogP contribution in [0, 0.1) is 12.7 Å². The van der Waals surface area contributed by atoms with E-state index in [1.54, 1.807) is 32.0 Å². The summed E-state index contributed by atoms with van der Waals surface area (Å²) in [5.74, 6) is -1.20. The van der Waals surface area contributed by atoms with Crippen molar-refractivity contribution >= 4 is 50.5 Å². The highest BCUT2D eigenvalue weighted by atomic mass is 35.5. The number of amides is 1. The Morgan fingerprint density at radius 2 is 1.89 bits per heavy atom. The molecule has 9 heteroatoms. The van der Waals surface area contributed by atoms with Crippen LogP contribution >= 0.6 is 23.2 Å². The van der Waals surface area contributed by atoms with Crippen LogP contribution in [0.2, 0.25) is 10.0 Å². The molecule has 146 valence electrons. The number of halogens is 3. The van der Waals surface area contributed by atoms with Crippen LogP contribution in [0.4, 0.5) is 15.8 Å². The number of aryl methyl sites for hydroxylation is 1. The van der Waals surface area contributed by atoms with E-state index in [4.69, 9.17) is 23.2 Å². The van der Waals surface area contributed by atoms with Crippen molar-refractivity contribution < 1.29 is 17.6 Å². The van der Waals surface area contributed by atoms with E-state index >= 15 is 0 Å². The summed E-state index contributed by atoms with van der Waals surface area (Å²) in [6.07, 6.45) is 1.17. The van der Waals surface area contributed by atoms with Crippen molar-refractivity contribution in [3.63, 3.8) is 0 Å². The minimum absolute atomic E-state index is 0.110. The van der Waals surface area contributed by atoms with E-state index in [1.807, 2.05) is 0 Å². The standard InChI is InChI=1S/C18H19Cl2FN2O3S/c1-4-17(18(24)22-16-8-5-12(19)9-11(16)2)23(27(3,25)26)13-6-7-15(21)14(20)10-13/h5-10,17H,4H2,1-3H3,(H,22,24)/t17-/m0/s1. The maximum absolute atomic E-state index is 13.5. The Hall–Kier alpha value is -1.83. The predicted octanol–water partition coefficient (Wildman–Crippen LogP) is 4.62. The molecule has 1 atom stereocenters. The van der Waals surface area contributed by atoms with E-state index in [-0.39, 0.29) is 17.1 Å². The Bertz CT molecular complexity index is 967. The molecule has 27 heavy (non-hydrogen) atoms. The quantitative estimate of drug-likeness (QED) is 0.723. The number of rotatable bonds is 6. The molecule has 0 unspecified atom stereocenters. The molecule has 0 aliphatic heterocycles. The van der Waals surface area contributed by atoms with Gasteiger partial charge < -0.3 is 5.32 Å². The van der Waals surface area contributed by atoms with Crippen LogP contribution < -0.4 is 9.62 Å². The third kappa shape index (κ3) is 5.12. The maximum Gasteiger partial charge on any atom is 0.248 e. The van der Waals surface area contributed by atoms with Gasteiger partial charge in [0.05, 0.1) is 17.0 Å². The molecule has 5 nitrogen and oxygen atoms in total. The number of carbonyl (C=O) groups is 1. The largest absolute Gasteiger partial charge is 0.324 e. The van der Waals surface area contributed by atoms with E-state index in [2.05, 4.69) is 5.32 Å². The van der Waals surface area contributed by atoms with Crippen molar-refractivity contribution in [3.8, 4) is 0 Å². The van der Waals surface area contributed by atoms with Crippen LogP contribution in [0.3, 0.4) is 0 Å². The van der Waals surface area contributed by atoms with Crippen molar-refractivity contribution in [1.82, 2.24) is 0 Å². The van der Waals surface area contributed by atoms with Crippen molar-refractivity contribution in [2.75, 3.05) is 15.9 Å².